The van der Waals surface area contributed by atoms with E-state index >= 15 is 0 Å². The maximum absolute atomic E-state index is 6.15. The number of methoxy groups -OCH3 is 1. The van der Waals surface area contributed by atoms with Crippen molar-refractivity contribution in [3.8, 4) is 11.5 Å². The summed E-state index contributed by atoms with van der Waals surface area (Å²) in [6.45, 7) is 3.49. The van der Waals surface area contributed by atoms with Crippen LogP contribution in [0.15, 0.2) is 36.7 Å². The van der Waals surface area contributed by atoms with Gasteiger partial charge in [-0.3, -0.25) is 0 Å². The number of halogens is 2. The van der Waals surface area contributed by atoms with Crippen molar-refractivity contribution in [2.75, 3.05) is 51.9 Å². The lowest BCUT2D eigenvalue weighted by atomic mass is 10.2. The maximum atomic E-state index is 6.15. The number of ether oxygens (including phenoxy) is 4. The average molecular weight is 479 g/mol. The molecule has 1 saturated heterocycles. The zero-order valence-corrected chi connectivity index (χ0v) is 19.1. The van der Waals surface area contributed by atoms with Crippen molar-refractivity contribution >= 4 is 45.6 Å². The molecule has 0 amide bonds. The molecule has 3 aromatic rings. The van der Waals surface area contributed by atoms with Crippen molar-refractivity contribution in [3.05, 3.63) is 46.7 Å². The third-order valence-electron chi connectivity index (χ3n) is 4.86. The molecule has 0 bridgehead atoms. The van der Waals surface area contributed by atoms with Gasteiger partial charge in [0.1, 0.15) is 31.5 Å². The zero-order valence-electron chi connectivity index (χ0n) is 17.6. The lowest BCUT2D eigenvalue weighted by Crippen LogP contribution is -2.41. The van der Waals surface area contributed by atoms with E-state index in [1.165, 1.54) is 6.33 Å². The fourth-order valence-electron chi connectivity index (χ4n) is 3.24. The van der Waals surface area contributed by atoms with Crippen molar-refractivity contribution in [3.63, 3.8) is 0 Å². The number of rotatable bonds is 9. The normalized spacial score (nSPS) is 16.2. The van der Waals surface area contributed by atoms with Crippen LogP contribution in [-0.4, -0.2) is 62.7 Å². The summed E-state index contributed by atoms with van der Waals surface area (Å²) >= 11 is 12.2. The van der Waals surface area contributed by atoms with Crippen LogP contribution in [0.3, 0.4) is 0 Å². The minimum Gasteiger partial charge on any atom is -0.487 e. The van der Waals surface area contributed by atoms with Gasteiger partial charge in [0.25, 0.3) is 0 Å². The van der Waals surface area contributed by atoms with Crippen LogP contribution in [0, 0.1) is 0 Å². The number of anilines is 2. The Balaban J connectivity index is 1.62. The molecule has 1 unspecified atom stereocenters. The molecule has 1 fully saturated rings. The lowest BCUT2D eigenvalue weighted by Gasteiger charge is -2.24. The Bertz CT molecular complexity index is 1060. The highest BCUT2D eigenvalue weighted by molar-refractivity contribution is 6.42. The van der Waals surface area contributed by atoms with Gasteiger partial charge in [-0.25, -0.2) is 9.97 Å². The molecule has 1 aliphatic rings. The van der Waals surface area contributed by atoms with E-state index in [0.29, 0.717) is 59.3 Å². The number of benzene rings is 2. The van der Waals surface area contributed by atoms with E-state index < -0.39 is 0 Å². The molecule has 4 rings (SSSR count). The quantitative estimate of drug-likeness (QED) is 0.445. The van der Waals surface area contributed by atoms with Crippen molar-refractivity contribution in [2.24, 2.45) is 0 Å². The van der Waals surface area contributed by atoms with E-state index in [-0.39, 0.29) is 6.10 Å². The van der Waals surface area contributed by atoms with Crippen LogP contribution < -0.4 is 20.1 Å². The summed E-state index contributed by atoms with van der Waals surface area (Å²) in [6, 6.07) is 9.00. The standard InChI is InChI=1S/C22H24Cl2N4O4/c1-29-6-7-31-20-9-16-19(10-21(20)32-12-15-11-25-4-5-30-15)26-13-27-22(16)28-14-2-3-17(23)18(24)8-14/h2-3,8-10,13,15,25H,4-7,11-12H2,1H3,(H,26,27,28). The first-order valence-corrected chi connectivity index (χ1v) is 11.0. The average Bonchev–Trinajstić information content (AvgIpc) is 2.81. The van der Waals surface area contributed by atoms with Crippen molar-refractivity contribution in [2.45, 2.75) is 6.10 Å². The number of morpholine rings is 1. The SMILES string of the molecule is COCCOc1cc2c(Nc3ccc(Cl)c(Cl)c3)ncnc2cc1OCC1CNCCO1. The fraction of sp³-hybridized carbons (Fsp3) is 0.364. The second-order valence-electron chi connectivity index (χ2n) is 7.14. The molecular weight excluding hydrogens is 455 g/mol. The van der Waals surface area contributed by atoms with Crippen LogP contribution in [0.25, 0.3) is 10.9 Å². The van der Waals surface area contributed by atoms with E-state index in [0.717, 1.165) is 24.2 Å². The molecule has 0 radical (unpaired) electrons. The Morgan fingerprint density at radius 1 is 1.09 bits per heavy atom. The first-order valence-electron chi connectivity index (χ1n) is 10.2. The van der Waals surface area contributed by atoms with Crippen LogP contribution in [0.4, 0.5) is 11.5 Å². The predicted octanol–water partition coefficient (Wildman–Crippen LogP) is 4.07. The third kappa shape index (κ3) is 5.70. The number of fused-ring (bicyclic) bond motifs is 1. The number of hydrogen-bond acceptors (Lipinski definition) is 8. The van der Waals surface area contributed by atoms with Gasteiger partial charge in [-0.15, -0.1) is 0 Å². The summed E-state index contributed by atoms with van der Waals surface area (Å²) in [6.07, 6.45) is 1.47. The van der Waals surface area contributed by atoms with E-state index in [1.807, 2.05) is 18.2 Å². The number of nitrogens with one attached hydrogen (secondary N) is 2. The summed E-state index contributed by atoms with van der Waals surface area (Å²) in [5, 5.41) is 8.27. The molecule has 8 nitrogen and oxygen atoms in total. The van der Waals surface area contributed by atoms with Gasteiger partial charge in [0.2, 0.25) is 0 Å². The molecule has 0 spiro atoms. The predicted molar refractivity (Wildman–Crippen MR) is 125 cm³/mol. The van der Waals surface area contributed by atoms with E-state index in [2.05, 4.69) is 20.6 Å². The summed E-state index contributed by atoms with van der Waals surface area (Å²) in [7, 11) is 1.63. The molecule has 1 aromatic heterocycles. The second kappa shape index (κ2) is 11.0. The monoisotopic (exact) mass is 478 g/mol. The van der Waals surface area contributed by atoms with Gasteiger partial charge in [0.05, 0.1) is 28.8 Å². The Kier molecular flexibility index (Phi) is 7.83. The zero-order chi connectivity index (χ0) is 22.3. The molecule has 1 aliphatic heterocycles. The minimum atomic E-state index is -0.0245. The maximum Gasteiger partial charge on any atom is 0.163 e. The molecular formula is C22H24Cl2N4O4. The van der Waals surface area contributed by atoms with Crippen LogP contribution in [-0.2, 0) is 9.47 Å². The first-order chi connectivity index (χ1) is 15.6. The summed E-state index contributed by atoms with van der Waals surface area (Å²) in [5.41, 5.74) is 1.46. The molecule has 2 N–H and O–H groups in total. The van der Waals surface area contributed by atoms with Gasteiger partial charge < -0.3 is 29.6 Å². The minimum absolute atomic E-state index is 0.0245. The van der Waals surface area contributed by atoms with Crippen LogP contribution in [0.1, 0.15) is 0 Å². The molecule has 1 atom stereocenters. The second-order valence-corrected chi connectivity index (χ2v) is 7.96. The Labute approximate surface area is 196 Å². The van der Waals surface area contributed by atoms with Gasteiger partial charge in [-0.1, -0.05) is 23.2 Å². The van der Waals surface area contributed by atoms with Crippen LogP contribution >= 0.6 is 23.2 Å². The van der Waals surface area contributed by atoms with Crippen molar-refractivity contribution < 1.29 is 18.9 Å². The van der Waals surface area contributed by atoms with Gasteiger partial charge in [-0.05, 0) is 24.3 Å². The van der Waals surface area contributed by atoms with Gasteiger partial charge >= 0.3 is 0 Å². The van der Waals surface area contributed by atoms with Crippen LogP contribution in [0.2, 0.25) is 10.0 Å². The van der Waals surface area contributed by atoms with E-state index in [9.17, 15) is 0 Å². The first kappa shape index (κ1) is 22.8. The fourth-order valence-corrected chi connectivity index (χ4v) is 3.54. The highest BCUT2D eigenvalue weighted by Crippen LogP contribution is 2.36. The molecule has 32 heavy (non-hydrogen) atoms. The third-order valence-corrected chi connectivity index (χ3v) is 5.60. The highest BCUT2D eigenvalue weighted by Gasteiger charge is 2.17. The van der Waals surface area contributed by atoms with E-state index in [1.54, 1.807) is 19.2 Å². The Hall–Kier alpha value is -2.36. The van der Waals surface area contributed by atoms with Crippen molar-refractivity contribution in [1.29, 1.82) is 0 Å². The van der Waals surface area contributed by atoms with Crippen LogP contribution in [0.5, 0.6) is 11.5 Å². The molecule has 2 heterocycles. The summed E-state index contributed by atoms with van der Waals surface area (Å²) < 4.78 is 22.8. The molecule has 2 aromatic carbocycles. The van der Waals surface area contributed by atoms with Gasteiger partial charge in [0, 0.05) is 37.3 Å². The Morgan fingerprint density at radius 2 is 1.97 bits per heavy atom. The molecule has 10 heteroatoms. The topological polar surface area (TPSA) is 86.8 Å². The largest absolute Gasteiger partial charge is 0.487 e. The number of aromatic nitrogens is 2. The van der Waals surface area contributed by atoms with Gasteiger partial charge in [-0.2, -0.15) is 0 Å². The number of nitrogens with zero attached hydrogens (tertiary/aromatic N) is 2. The summed E-state index contributed by atoms with van der Waals surface area (Å²) in [5.74, 6) is 1.77. The smallest absolute Gasteiger partial charge is 0.163 e. The number of hydrogen-bond donors (Lipinski definition) is 2. The summed E-state index contributed by atoms with van der Waals surface area (Å²) in [4.78, 5) is 8.80. The lowest BCUT2D eigenvalue weighted by molar-refractivity contribution is -0.000456. The van der Waals surface area contributed by atoms with Gasteiger partial charge in [0.15, 0.2) is 11.5 Å². The molecule has 0 saturated carbocycles. The molecule has 0 aliphatic carbocycles. The highest BCUT2D eigenvalue weighted by atomic mass is 35.5. The van der Waals surface area contributed by atoms with Crippen molar-refractivity contribution in [1.82, 2.24) is 15.3 Å². The molecule has 170 valence electrons. The van der Waals surface area contributed by atoms with E-state index in [4.69, 9.17) is 42.1 Å². The Morgan fingerprint density at radius 3 is 2.75 bits per heavy atom.